The Kier molecular flexibility index (Phi) is 8.64. The summed E-state index contributed by atoms with van der Waals surface area (Å²) in [4.78, 5) is 32.9. The molecule has 6 nitrogen and oxygen atoms in total. The number of unbranched alkanes of at least 4 members (excludes halogenated alkanes) is 2. The number of hydrogen-bond acceptors (Lipinski definition) is 4. The van der Waals surface area contributed by atoms with Gasteiger partial charge in [0.05, 0.1) is 23.6 Å². The van der Waals surface area contributed by atoms with Crippen LogP contribution in [0.4, 0.5) is 0 Å². The number of benzene rings is 2. The lowest BCUT2D eigenvalue weighted by Gasteiger charge is -2.30. The van der Waals surface area contributed by atoms with E-state index in [4.69, 9.17) is 21.3 Å². The highest BCUT2D eigenvalue weighted by atomic mass is 35.5. The monoisotopic (exact) mass is 469 g/mol. The molecule has 0 saturated carbocycles. The van der Waals surface area contributed by atoms with Gasteiger partial charge < -0.3 is 9.64 Å². The van der Waals surface area contributed by atoms with Crippen molar-refractivity contribution >= 4 is 28.4 Å². The molecule has 33 heavy (non-hydrogen) atoms. The number of aromatic nitrogens is 2. The number of methoxy groups -OCH3 is 1. The molecule has 1 aromatic heterocycles. The second-order valence-corrected chi connectivity index (χ2v) is 8.75. The molecular formula is C26H32ClN3O3. The minimum atomic E-state index is -0.436. The van der Waals surface area contributed by atoms with Crippen molar-refractivity contribution in [2.75, 3.05) is 20.3 Å². The molecule has 0 aliphatic heterocycles. The van der Waals surface area contributed by atoms with Gasteiger partial charge in [-0.2, -0.15) is 0 Å². The molecule has 1 atom stereocenters. The highest BCUT2D eigenvalue weighted by Crippen LogP contribution is 2.23. The van der Waals surface area contributed by atoms with Crippen molar-refractivity contribution in [3.63, 3.8) is 0 Å². The van der Waals surface area contributed by atoms with Crippen LogP contribution in [0.1, 0.15) is 60.9 Å². The fraction of sp³-hybridized carbons (Fsp3) is 0.423. The van der Waals surface area contributed by atoms with E-state index in [0.29, 0.717) is 40.5 Å². The second-order valence-electron chi connectivity index (χ2n) is 8.32. The largest absolute Gasteiger partial charge is 0.383 e. The summed E-state index contributed by atoms with van der Waals surface area (Å²) in [6.07, 6.45) is 4.54. The zero-order chi connectivity index (χ0) is 24.0. The smallest absolute Gasteiger partial charge is 0.261 e. The molecule has 0 bridgehead atoms. The van der Waals surface area contributed by atoms with Crippen molar-refractivity contribution in [2.24, 2.45) is 7.05 Å². The Morgan fingerprint density at radius 1 is 1.18 bits per heavy atom. The zero-order valence-electron chi connectivity index (χ0n) is 19.8. The van der Waals surface area contributed by atoms with Crippen LogP contribution in [0.3, 0.4) is 0 Å². The summed E-state index contributed by atoms with van der Waals surface area (Å²) in [5.41, 5.74) is 2.20. The van der Waals surface area contributed by atoms with E-state index >= 15 is 0 Å². The normalized spacial score (nSPS) is 12.2. The third-order valence-corrected chi connectivity index (χ3v) is 6.22. The van der Waals surface area contributed by atoms with Crippen LogP contribution in [0, 0.1) is 0 Å². The molecule has 3 aromatic rings. The minimum Gasteiger partial charge on any atom is -0.383 e. The fourth-order valence-electron chi connectivity index (χ4n) is 3.99. The molecule has 0 N–H and O–H groups in total. The van der Waals surface area contributed by atoms with Crippen molar-refractivity contribution in [1.82, 2.24) is 14.5 Å². The SMILES string of the molecule is CCCCCc1ccc(C(=O)N(CCOC)C(C)c2nc3ccc(Cl)cc3c(=O)n2C)cc1. The maximum atomic E-state index is 13.5. The molecule has 7 heteroatoms. The number of hydrogen-bond donors (Lipinski definition) is 0. The molecule has 0 saturated heterocycles. The van der Waals surface area contributed by atoms with E-state index in [1.54, 1.807) is 37.3 Å². The number of halogens is 1. The Morgan fingerprint density at radius 3 is 2.58 bits per heavy atom. The Balaban J connectivity index is 1.92. The van der Waals surface area contributed by atoms with Gasteiger partial charge in [-0.25, -0.2) is 4.98 Å². The maximum Gasteiger partial charge on any atom is 0.261 e. The lowest BCUT2D eigenvalue weighted by molar-refractivity contribution is 0.0604. The summed E-state index contributed by atoms with van der Waals surface area (Å²) < 4.78 is 6.75. The fourth-order valence-corrected chi connectivity index (χ4v) is 4.16. The van der Waals surface area contributed by atoms with Crippen LogP contribution >= 0.6 is 11.6 Å². The van der Waals surface area contributed by atoms with Gasteiger partial charge in [-0.05, 0) is 55.7 Å². The van der Waals surface area contributed by atoms with Gasteiger partial charge in [-0.3, -0.25) is 14.2 Å². The number of ether oxygens (including phenoxy) is 1. The van der Waals surface area contributed by atoms with Crippen molar-refractivity contribution in [3.8, 4) is 0 Å². The number of fused-ring (bicyclic) bond motifs is 1. The summed E-state index contributed by atoms with van der Waals surface area (Å²) in [7, 11) is 3.28. The van der Waals surface area contributed by atoms with Crippen LogP contribution in [0.2, 0.25) is 5.02 Å². The van der Waals surface area contributed by atoms with E-state index in [2.05, 4.69) is 6.92 Å². The van der Waals surface area contributed by atoms with E-state index in [9.17, 15) is 9.59 Å². The first-order valence-corrected chi connectivity index (χ1v) is 11.8. The number of carbonyl (C=O) groups excluding carboxylic acids is 1. The van der Waals surface area contributed by atoms with Crippen LogP contribution in [-0.2, 0) is 18.2 Å². The first kappa shape index (κ1) is 24.9. The summed E-state index contributed by atoms with van der Waals surface area (Å²) in [6.45, 7) is 4.83. The number of carbonyl (C=O) groups is 1. The summed E-state index contributed by atoms with van der Waals surface area (Å²) >= 11 is 6.07. The zero-order valence-corrected chi connectivity index (χ0v) is 20.6. The van der Waals surface area contributed by atoms with Crippen molar-refractivity contribution < 1.29 is 9.53 Å². The maximum absolute atomic E-state index is 13.5. The molecule has 0 fully saturated rings. The minimum absolute atomic E-state index is 0.120. The van der Waals surface area contributed by atoms with Gasteiger partial charge in [0.1, 0.15) is 5.82 Å². The Bertz CT molecular complexity index is 1160. The van der Waals surface area contributed by atoms with Crippen molar-refractivity contribution in [3.05, 3.63) is 74.8 Å². The average molecular weight is 470 g/mol. The topological polar surface area (TPSA) is 64.4 Å². The molecule has 1 amide bonds. The molecule has 2 aromatic carbocycles. The van der Waals surface area contributed by atoms with E-state index < -0.39 is 6.04 Å². The van der Waals surface area contributed by atoms with E-state index in [0.717, 1.165) is 12.8 Å². The quantitative estimate of drug-likeness (QED) is 0.384. The molecule has 1 unspecified atom stereocenters. The average Bonchev–Trinajstić information content (AvgIpc) is 2.82. The molecular weight excluding hydrogens is 438 g/mol. The number of nitrogens with zero attached hydrogens (tertiary/aromatic N) is 3. The van der Waals surface area contributed by atoms with Gasteiger partial charge in [0.25, 0.3) is 11.5 Å². The van der Waals surface area contributed by atoms with Crippen LogP contribution in [0.5, 0.6) is 0 Å². The molecule has 3 rings (SSSR count). The molecule has 176 valence electrons. The lowest BCUT2D eigenvalue weighted by atomic mass is 10.0. The van der Waals surface area contributed by atoms with Gasteiger partial charge >= 0.3 is 0 Å². The standard InChI is InChI=1S/C26H32ClN3O3/c1-5-6-7-8-19-9-11-20(12-10-19)25(31)30(15-16-33-4)18(2)24-28-23-14-13-21(27)17-22(23)26(32)29(24)3/h9-14,17-18H,5-8,15-16H2,1-4H3. The van der Waals surface area contributed by atoms with Gasteiger partial charge in [-0.15, -0.1) is 0 Å². The van der Waals surface area contributed by atoms with Crippen LogP contribution in [-0.4, -0.2) is 40.6 Å². The number of amides is 1. The Hall–Kier alpha value is -2.70. The highest BCUT2D eigenvalue weighted by Gasteiger charge is 2.26. The van der Waals surface area contributed by atoms with E-state index in [-0.39, 0.29) is 11.5 Å². The molecule has 1 heterocycles. The predicted molar refractivity (Wildman–Crippen MR) is 133 cm³/mol. The third kappa shape index (κ3) is 5.81. The molecule has 0 spiro atoms. The molecule has 0 aliphatic rings. The van der Waals surface area contributed by atoms with E-state index in [1.165, 1.54) is 23.0 Å². The molecule has 0 radical (unpaired) electrons. The van der Waals surface area contributed by atoms with Crippen molar-refractivity contribution in [1.29, 1.82) is 0 Å². The van der Waals surface area contributed by atoms with Gasteiger partial charge in [0.15, 0.2) is 0 Å². The summed E-state index contributed by atoms with van der Waals surface area (Å²) in [5.74, 6) is 0.389. The van der Waals surface area contributed by atoms with Crippen LogP contribution in [0.15, 0.2) is 47.3 Å². The van der Waals surface area contributed by atoms with Gasteiger partial charge in [0, 0.05) is 31.3 Å². The Morgan fingerprint density at radius 2 is 1.91 bits per heavy atom. The predicted octanol–water partition coefficient (Wildman–Crippen LogP) is 5.17. The van der Waals surface area contributed by atoms with Crippen molar-refractivity contribution in [2.45, 2.75) is 45.6 Å². The number of aryl methyl sites for hydroxylation is 1. The first-order valence-electron chi connectivity index (χ1n) is 11.4. The first-order chi connectivity index (χ1) is 15.9. The van der Waals surface area contributed by atoms with Crippen LogP contribution in [0.25, 0.3) is 10.9 Å². The number of rotatable bonds is 10. The molecule has 0 aliphatic carbocycles. The lowest BCUT2D eigenvalue weighted by Crippen LogP contribution is -2.39. The second kappa shape index (κ2) is 11.4. The Labute approximate surface area is 200 Å². The highest BCUT2D eigenvalue weighted by molar-refractivity contribution is 6.31. The van der Waals surface area contributed by atoms with Gasteiger partial charge in [0.2, 0.25) is 0 Å². The summed E-state index contributed by atoms with van der Waals surface area (Å²) in [5, 5.41) is 0.937. The third-order valence-electron chi connectivity index (χ3n) is 5.98. The van der Waals surface area contributed by atoms with Crippen LogP contribution < -0.4 is 5.56 Å². The van der Waals surface area contributed by atoms with E-state index in [1.807, 2.05) is 31.2 Å². The van der Waals surface area contributed by atoms with Gasteiger partial charge in [-0.1, -0.05) is 43.5 Å². The summed E-state index contributed by atoms with van der Waals surface area (Å²) in [6, 6.07) is 12.4.